The third-order valence-electron chi connectivity index (χ3n) is 4.55. The Kier molecular flexibility index (Phi) is 4.81. The van der Waals surface area contributed by atoms with E-state index in [-0.39, 0.29) is 5.91 Å². The van der Waals surface area contributed by atoms with E-state index in [0.29, 0.717) is 5.92 Å². The summed E-state index contributed by atoms with van der Waals surface area (Å²) in [5, 5.41) is 2.97. The average molecular weight is 274 g/mol. The molecule has 1 aromatic rings. The van der Waals surface area contributed by atoms with Crippen LogP contribution < -0.4 is 11.1 Å². The van der Waals surface area contributed by atoms with E-state index in [1.165, 1.54) is 12.0 Å². The molecule has 0 spiro atoms. The third-order valence-corrected chi connectivity index (χ3v) is 4.55. The molecule has 0 radical (unpaired) electrons. The van der Waals surface area contributed by atoms with Crippen LogP contribution in [0.4, 0.5) is 5.69 Å². The van der Waals surface area contributed by atoms with Crippen molar-refractivity contribution in [1.82, 2.24) is 0 Å². The minimum absolute atomic E-state index is 0.0338. The summed E-state index contributed by atoms with van der Waals surface area (Å²) >= 11 is 0. The van der Waals surface area contributed by atoms with E-state index in [1.807, 2.05) is 12.1 Å². The highest BCUT2D eigenvalue weighted by Gasteiger charge is 2.35. The SMILES string of the molecule is CCC(C)c1ccc(NC(=O)C2(N)CCCCC2)cc1. The fraction of sp³-hybridized carbons (Fsp3) is 0.588. The normalized spacial score (nSPS) is 19.4. The molecule has 1 atom stereocenters. The fourth-order valence-electron chi connectivity index (χ4n) is 2.80. The summed E-state index contributed by atoms with van der Waals surface area (Å²) in [7, 11) is 0. The highest BCUT2D eigenvalue weighted by molar-refractivity contribution is 5.98. The van der Waals surface area contributed by atoms with Crippen molar-refractivity contribution in [3.8, 4) is 0 Å². The molecule has 0 bridgehead atoms. The molecule has 0 aromatic heterocycles. The van der Waals surface area contributed by atoms with E-state index in [2.05, 4.69) is 31.3 Å². The van der Waals surface area contributed by atoms with Crippen molar-refractivity contribution in [2.24, 2.45) is 5.73 Å². The van der Waals surface area contributed by atoms with Crippen molar-refractivity contribution in [3.05, 3.63) is 29.8 Å². The second kappa shape index (κ2) is 6.40. The number of amides is 1. The van der Waals surface area contributed by atoms with Gasteiger partial charge in [-0.3, -0.25) is 4.79 Å². The smallest absolute Gasteiger partial charge is 0.244 e. The zero-order chi connectivity index (χ0) is 14.6. The van der Waals surface area contributed by atoms with Crippen LogP contribution in [0.15, 0.2) is 24.3 Å². The van der Waals surface area contributed by atoms with Gasteiger partial charge >= 0.3 is 0 Å². The summed E-state index contributed by atoms with van der Waals surface area (Å²) in [6, 6.07) is 8.14. The Morgan fingerprint density at radius 3 is 2.40 bits per heavy atom. The summed E-state index contributed by atoms with van der Waals surface area (Å²) < 4.78 is 0. The molecular formula is C17H26N2O. The second-order valence-electron chi connectivity index (χ2n) is 6.10. The first-order valence-corrected chi connectivity index (χ1v) is 7.75. The molecule has 1 aromatic carbocycles. The predicted molar refractivity (Wildman–Crippen MR) is 83.8 cm³/mol. The van der Waals surface area contributed by atoms with Crippen LogP contribution in [0.3, 0.4) is 0 Å². The number of nitrogens with one attached hydrogen (secondary N) is 1. The summed E-state index contributed by atoms with van der Waals surface area (Å²) in [6.45, 7) is 4.39. The van der Waals surface area contributed by atoms with Gasteiger partial charge < -0.3 is 11.1 Å². The van der Waals surface area contributed by atoms with Gasteiger partial charge in [0.1, 0.15) is 0 Å². The summed E-state index contributed by atoms with van der Waals surface area (Å²) in [5.41, 5.74) is 7.72. The number of carbonyl (C=O) groups is 1. The minimum atomic E-state index is -0.673. The van der Waals surface area contributed by atoms with Crippen molar-refractivity contribution in [2.45, 2.75) is 63.8 Å². The summed E-state index contributed by atoms with van der Waals surface area (Å²) in [5.74, 6) is 0.521. The van der Waals surface area contributed by atoms with Gasteiger partial charge in [-0.05, 0) is 42.9 Å². The van der Waals surface area contributed by atoms with E-state index in [9.17, 15) is 4.79 Å². The van der Waals surface area contributed by atoms with E-state index in [0.717, 1.165) is 37.8 Å². The number of benzene rings is 1. The van der Waals surface area contributed by atoms with Crippen LogP contribution in [-0.4, -0.2) is 11.4 Å². The maximum Gasteiger partial charge on any atom is 0.244 e. The number of carbonyl (C=O) groups excluding carboxylic acids is 1. The first-order chi connectivity index (χ1) is 9.55. The minimum Gasteiger partial charge on any atom is -0.324 e. The lowest BCUT2D eigenvalue weighted by molar-refractivity contribution is -0.122. The van der Waals surface area contributed by atoms with Gasteiger partial charge in [0, 0.05) is 5.69 Å². The van der Waals surface area contributed by atoms with Gasteiger partial charge in [0.2, 0.25) is 5.91 Å². The monoisotopic (exact) mass is 274 g/mol. The number of anilines is 1. The average Bonchev–Trinajstić information content (AvgIpc) is 2.48. The molecule has 2 rings (SSSR count). The Balaban J connectivity index is 2.00. The Labute approximate surface area is 121 Å². The lowest BCUT2D eigenvalue weighted by atomic mass is 9.82. The molecule has 1 aliphatic carbocycles. The van der Waals surface area contributed by atoms with E-state index in [4.69, 9.17) is 5.73 Å². The lowest BCUT2D eigenvalue weighted by Crippen LogP contribution is -2.52. The highest BCUT2D eigenvalue weighted by atomic mass is 16.2. The number of rotatable bonds is 4. The van der Waals surface area contributed by atoms with Crippen molar-refractivity contribution in [2.75, 3.05) is 5.32 Å². The van der Waals surface area contributed by atoms with Gasteiger partial charge in [0.05, 0.1) is 5.54 Å². The first kappa shape index (κ1) is 15.0. The van der Waals surface area contributed by atoms with Gasteiger partial charge in [-0.1, -0.05) is 45.2 Å². The van der Waals surface area contributed by atoms with Gasteiger partial charge in [0.25, 0.3) is 0 Å². The molecule has 1 amide bonds. The lowest BCUT2D eigenvalue weighted by Gasteiger charge is -2.31. The third kappa shape index (κ3) is 3.40. The van der Waals surface area contributed by atoms with Crippen LogP contribution in [0.2, 0.25) is 0 Å². The summed E-state index contributed by atoms with van der Waals surface area (Å²) in [6.07, 6.45) is 6.01. The summed E-state index contributed by atoms with van der Waals surface area (Å²) in [4.78, 5) is 12.3. The van der Waals surface area contributed by atoms with Crippen LogP contribution in [0.5, 0.6) is 0 Å². The fourth-order valence-corrected chi connectivity index (χ4v) is 2.80. The molecule has 1 fully saturated rings. The second-order valence-corrected chi connectivity index (χ2v) is 6.10. The zero-order valence-corrected chi connectivity index (χ0v) is 12.6. The van der Waals surface area contributed by atoms with E-state index >= 15 is 0 Å². The maximum atomic E-state index is 12.3. The molecule has 1 aliphatic rings. The van der Waals surface area contributed by atoms with Crippen LogP contribution in [0.1, 0.15) is 63.9 Å². The highest BCUT2D eigenvalue weighted by Crippen LogP contribution is 2.27. The van der Waals surface area contributed by atoms with Gasteiger partial charge in [-0.2, -0.15) is 0 Å². The largest absolute Gasteiger partial charge is 0.324 e. The maximum absolute atomic E-state index is 12.3. The van der Waals surface area contributed by atoms with Crippen LogP contribution in [0.25, 0.3) is 0 Å². The molecular weight excluding hydrogens is 248 g/mol. The van der Waals surface area contributed by atoms with Crippen LogP contribution in [-0.2, 0) is 4.79 Å². The number of hydrogen-bond donors (Lipinski definition) is 2. The van der Waals surface area contributed by atoms with E-state index < -0.39 is 5.54 Å². The molecule has 110 valence electrons. The standard InChI is InChI=1S/C17H26N2O/c1-3-13(2)14-7-9-15(10-8-14)19-16(20)17(18)11-5-4-6-12-17/h7-10,13H,3-6,11-12,18H2,1-2H3,(H,19,20). The van der Waals surface area contributed by atoms with E-state index in [1.54, 1.807) is 0 Å². The van der Waals surface area contributed by atoms with Crippen LogP contribution >= 0.6 is 0 Å². The Bertz CT molecular complexity index is 447. The topological polar surface area (TPSA) is 55.1 Å². The number of hydrogen-bond acceptors (Lipinski definition) is 2. The molecule has 0 heterocycles. The van der Waals surface area contributed by atoms with Gasteiger partial charge in [-0.15, -0.1) is 0 Å². The van der Waals surface area contributed by atoms with Gasteiger partial charge in [-0.25, -0.2) is 0 Å². The zero-order valence-electron chi connectivity index (χ0n) is 12.6. The van der Waals surface area contributed by atoms with Crippen molar-refractivity contribution < 1.29 is 4.79 Å². The number of nitrogens with two attached hydrogens (primary N) is 1. The van der Waals surface area contributed by atoms with Crippen molar-refractivity contribution in [1.29, 1.82) is 0 Å². The Morgan fingerprint density at radius 2 is 1.85 bits per heavy atom. The molecule has 3 N–H and O–H groups in total. The quantitative estimate of drug-likeness (QED) is 0.877. The molecule has 0 aliphatic heterocycles. The molecule has 20 heavy (non-hydrogen) atoms. The Morgan fingerprint density at radius 1 is 1.25 bits per heavy atom. The predicted octanol–water partition coefficient (Wildman–Crippen LogP) is 3.80. The van der Waals surface area contributed by atoms with Crippen molar-refractivity contribution >= 4 is 11.6 Å². The van der Waals surface area contributed by atoms with Crippen molar-refractivity contribution in [3.63, 3.8) is 0 Å². The first-order valence-electron chi connectivity index (χ1n) is 7.75. The molecule has 3 nitrogen and oxygen atoms in total. The van der Waals surface area contributed by atoms with Gasteiger partial charge in [0.15, 0.2) is 0 Å². The molecule has 1 saturated carbocycles. The molecule has 0 saturated heterocycles. The van der Waals surface area contributed by atoms with Crippen LogP contribution in [0, 0.1) is 0 Å². The Hall–Kier alpha value is -1.35. The molecule has 1 unspecified atom stereocenters. The molecule has 3 heteroatoms.